The molecule has 0 saturated heterocycles. The summed E-state index contributed by atoms with van der Waals surface area (Å²) in [4.78, 5) is 22.5. The summed E-state index contributed by atoms with van der Waals surface area (Å²) in [6.45, 7) is 1.95. The van der Waals surface area contributed by atoms with Gasteiger partial charge in [0.2, 0.25) is 5.91 Å². The van der Waals surface area contributed by atoms with Gasteiger partial charge in [-0.15, -0.1) is 0 Å². The topological polar surface area (TPSA) is 55.4 Å². The molecular formula is C14H17NO3. The summed E-state index contributed by atoms with van der Waals surface area (Å²) < 4.78 is 5.23. The minimum absolute atomic E-state index is 0.000250. The van der Waals surface area contributed by atoms with Crippen LogP contribution >= 0.6 is 0 Å². The molecule has 4 heteroatoms. The molecule has 0 heterocycles. The molecule has 0 atom stereocenters. The van der Waals surface area contributed by atoms with E-state index in [1.54, 1.807) is 12.1 Å². The van der Waals surface area contributed by atoms with Crippen molar-refractivity contribution in [3.63, 3.8) is 0 Å². The maximum Gasteiger partial charge on any atom is 0.338 e. The Kier molecular flexibility index (Phi) is 3.97. The molecule has 2 rings (SSSR count). The lowest BCUT2D eigenvalue weighted by molar-refractivity contribution is -0.120. The molecule has 0 bridgehead atoms. The molecule has 0 aliphatic heterocycles. The van der Waals surface area contributed by atoms with Gasteiger partial charge in [0.25, 0.3) is 0 Å². The van der Waals surface area contributed by atoms with E-state index in [1.165, 1.54) is 6.92 Å². The zero-order chi connectivity index (χ0) is 13.0. The van der Waals surface area contributed by atoms with E-state index in [0.717, 1.165) is 12.8 Å². The number of amides is 1. The maximum absolute atomic E-state index is 11.7. The normalized spacial score (nSPS) is 21.8. The number of carbonyl (C=O) groups excluding carboxylic acids is 2. The average molecular weight is 247 g/mol. The van der Waals surface area contributed by atoms with E-state index in [9.17, 15) is 9.59 Å². The molecule has 0 spiro atoms. The Morgan fingerprint density at radius 3 is 2.56 bits per heavy atom. The van der Waals surface area contributed by atoms with Gasteiger partial charge in [0.05, 0.1) is 12.2 Å². The third-order valence-electron chi connectivity index (χ3n) is 3.10. The van der Waals surface area contributed by atoms with Crippen LogP contribution in [0.4, 0.5) is 0 Å². The molecule has 1 aromatic carbocycles. The molecule has 0 unspecified atom stereocenters. The Hall–Kier alpha value is -1.84. The lowest BCUT2D eigenvalue weighted by Gasteiger charge is -2.35. The van der Waals surface area contributed by atoms with Crippen LogP contribution in [0.1, 0.15) is 30.1 Å². The van der Waals surface area contributed by atoms with Crippen LogP contribution < -0.4 is 5.32 Å². The van der Waals surface area contributed by atoms with Crippen molar-refractivity contribution < 1.29 is 14.3 Å². The second-order valence-electron chi connectivity index (χ2n) is 4.70. The van der Waals surface area contributed by atoms with E-state index in [2.05, 4.69) is 5.32 Å². The number of esters is 1. The fourth-order valence-electron chi connectivity index (χ4n) is 2.13. The molecular weight excluding hydrogens is 230 g/mol. The number of nitrogens with one attached hydrogen (secondary N) is 1. The SMILES string of the molecule is CC(=O)NC1CC(COC(=O)c2ccccc2)C1. The summed E-state index contributed by atoms with van der Waals surface area (Å²) in [6.07, 6.45) is 1.78. The predicted molar refractivity (Wildman–Crippen MR) is 67.1 cm³/mol. The molecule has 1 aliphatic rings. The highest BCUT2D eigenvalue weighted by molar-refractivity contribution is 5.89. The van der Waals surface area contributed by atoms with E-state index in [-0.39, 0.29) is 17.9 Å². The van der Waals surface area contributed by atoms with E-state index in [1.807, 2.05) is 18.2 Å². The monoisotopic (exact) mass is 247 g/mol. The van der Waals surface area contributed by atoms with Crippen LogP contribution in [0.5, 0.6) is 0 Å². The average Bonchev–Trinajstić information content (AvgIpc) is 2.32. The maximum atomic E-state index is 11.7. The molecule has 1 aromatic rings. The van der Waals surface area contributed by atoms with E-state index in [0.29, 0.717) is 18.1 Å². The first-order valence-corrected chi connectivity index (χ1v) is 6.14. The van der Waals surface area contributed by atoms with Gasteiger partial charge in [0, 0.05) is 13.0 Å². The summed E-state index contributed by atoms with van der Waals surface area (Å²) in [7, 11) is 0. The molecule has 4 nitrogen and oxygen atoms in total. The third-order valence-corrected chi connectivity index (χ3v) is 3.10. The first-order valence-electron chi connectivity index (χ1n) is 6.14. The smallest absolute Gasteiger partial charge is 0.338 e. The zero-order valence-electron chi connectivity index (χ0n) is 10.4. The number of carbonyl (C=O) groups is 2. The number of ether oxygens (including phenoxy) is 1. The van der Waals surface area contributed by atoms with Crippen molar-refractivity contribution >= 4 is 11.9 Å². The van der Waals surface area contributed by atoms with Gasteiger partial charge in [-0.3, -0.25) is 4.79 Å². The van der Waals surface area contributed by atoms with Gasteiger partial charge in [-0.25, -0.2) is 4.79 Å². The van der Waals surface area contributed by atoms with Crippen LogP contribution in [0, 0.1) is 5.92 Å². The second-order valence-corrected chi connectivity index (χ2v) is 4.70. The lowest BCUT2D eigenvalue weighted by atomic mass is 9.81. The Labute approximate surface area is 106 Å². The lowest BCUT2D eigenvalue weighted by Crippen LogP contribution is -2.44. The molecule has 0 radical (unpaired) electrons. The van der Waals surface area contributed by atoms with Gasteiger partial charge < -0.3 is 10.1 Å². The van der Waals surface area contributed by atoms with Crippen molar-refractivity contribution in [1.82, 2.24) is 5.32 Å². The highest BCUT2D eigenvalue weighted by Crippen LogP contribution is 2.27. The fraction of sp³-hybridized carbons (Fsp3) is 0.429. The van der Waals surface area contributed by atoms with Crippen LogP contribution in [0.25, 0.3) is 0 Å². The third kappa shape index (κ3) is 3.32. The Balaban J connectivity index is 1.68. The summed E-state index contributed by atoms with van der Waals surface area (Å²) in [5, 5.41) is 2.85. The van der Waals surface area contributed by atoms with Crippen LogP contribution in [0.15, 0.2) is 30.3 Å². The number of benzene rings is 1. The first-order chi connectivity index (χ1) is 8.65. The van der Waals surface area contributed by atoms with Gasteiger partial charge in [0.1, 0.15) is 0 Å². The molecule has 96 valence electrons. The van der Waals surface area contributed by atoms with E-state index in [4.69, 9.17) is 4.74 Å². The zero-order valence-corrected chi connectivity index (χ0v) is 10.4. The Bertz CT molecular complexity index is 424. The highest BCUT2D eigenvalue weighted by atomic mass is 16.5. The summed E-state index contributed by atoms with van der Waals surface area (Å²) in [6, 6.07) is 9.22. The van der Waals surface area contributed by atoms with Crippen LogP contribution in [-0.2, 0) is 9.53 Å². The highest BCUT2D eigenvalue weighted by Gasteiger charge is 2.30. The van der Waals surface area contributed by atoms with Crippen molar-refractivity contribution in [3.05, 3.63) is 35.9 Å². The second kappa shape index (κ2) is 5.67. The van der Waals surface area contributed by atoms with Gasteiger partial charge in [-0.2, -0.15) is 0 Å². The van der Waals surface area contributed by atoms with Crippen molar-refractivity contribution in [3.8, 4) is 0 Å². The van der Waals surface area contributed by atoms with Gasteiger partial charge in [-0.1, -0.05) is 18.2 Å². The van der Waals surface area contributed by atoms with Crippen LogP contribution in [0.3, 0.4) is 0 Å². The van der Waals surface area contributed by atoms with Gasteiger partial charge >= 0.3 is 5.97 Å². The molecule has 1 amide bonds. The molecule has 1 aliphatic carbocycles. The van der Waals surface area contributed by atoms with E-state index < -0.39 is 0 Å². The quantitative estimate of drug-likeness (QED) is 0.825. The van der Waals surface area contributed by atoms with Crippen LogP contribution in [-0.4, -0.2) is 24.5 Å². The Morgan fingerprint density at radius 1 is 1.28 bits per heavy atom. The van der Waals surface area contributed by atoms with Gasteiger partial charge in [-0.05, 0) is 30.9 Å². The summed E-state index contributed by atoms with van der Waals surface area (Å²) in [5.41, 5.74) is 0.579. The van der Waals surface area contributed by atoms with Gasteiger partial charge in [0.15, 0.2) is 0 Å². The van der Waals surface area contributed by atoms with Crippen molar-refractivity contribution in [1.29, 1.82) is 0 Å². The van der Waals surface area contributed by atoms with Crippen molar-refractivity contribution in [2.45, 2.75) is 25.8 Å². The minimum Gasteiger partial charge on any atom is -0.462 e. The number of hydrogen-bond acceptors (Lipinski definition) is 3. The summed E-state index contributed by atoms with van der Waals surface area (Å²) >= 11 is 0. The number of rotatable bonds is 4. The molecule has 1 fully saturated rings. The number of hydrogen-bond donors (Lipinski definition) is 1. The minimum atomic E-state index is -0.279. The molecule has 0 aromatic heterocycles. The first kappa shape index (κ1) is 12.6. The standard InChI is InChI=1S/C14H17NO3/c1-10(16)15-13-7-11(8-13)9-18-14(17)12-5-3-2-4-6-12/h2-6,11,13H,7-9H2,1H3,(H,15,16). The Morgan fingerprint density at radius 2 is 1.94 bits per heavy atom. The van der Waals surface area contributed by atoms with Crippen LogP contribution in [0.2, 0.25) is 0 Å². The predicted octanol–water partition coefficient (Wildman–Crippen LogP) is 1.76. The molecule has 1 saturated carbocycles. The molecule has 1 N–H and O–H groups in total. The summed E-state index contributed by atoms with van der Waals surface area (Å²) in [5.74, 6) is 0.0906. The van der Waals surface area contributed by atoms with Crippen molar-refractivity contribution in [2.75, 3.05) is 6.61 Å². The fourth-order valence-corrected chi connectivity index (χ4v) is 2.13. The van der Waals surface area contributed by atoms with Crippen molar-refractivity contribution in [2.24, 2.45) is 5.92 Å². The van der Waals surface area contributed by atoms with E-state index >= 15 is 0 Å². The largest absolute Gasteiger partial charge is 0.462 e. The molecule has 18 heavy (non-hydrogen) atoms.